The Morgan fingerprint density at radius 2 is 2.00 bits per heavy atom. The lowest BCUT2D eigenvalue weighted by Crippen LogP contribution is -2.37. The van der Waals surface area contributed by atoms with Crippen molar-refractivity contribution < 1.29 is 4.79 Å². The van der Waals surface area contributed by atoms with Crippen molar-refractivity contribution in [1.29, 1.82) is 0 Å². The molecule has 1 aromatic carbocycles. The maximum Gasteiger partial charge on any atom is 0.280 e. The molecular formula is C17H19Cl2N5OS. The molecule has 2 aromatic heterocycles. The summed E-state index contributed by atoms with van der Waals surface area (Å²) in [6, 6.07) is 3.79. The van der Waals surface area contributed by atoms with Gasteiger partial charge in [0.25, 0.3) is 5.91 Å². The van der Waals surface area contributed by atoms with Crippen molar-refractivity contribution in [3.63, 3.8) is 0 Å². The number of carbonyl (C=O) groups excluding carboxylic acids is 1. The third-order valence-electron chi connectivity index (χ3n) is 3.77. The number of benzene rings is 1. The number of anilines is 1. The number of aryl methyl sites for hydroxylation is 1. The van der Waals surface area contributed by atoms with E-state index in [1.807, 2.05) is 38.1 Å². The van der Waals surface area contributed by atoms with Gasteiger partial charge in [-0.05, 0) is 38.7 Å². The first-order valence-corrected chi connectivity index (χ1v) is 8.95. The molecule has 0 aliphatic rings. The highest BCUT2D eigenvalue weighted by molar-refractivity contribution is 7.22. The summed E-state index contributed by atoms with van der Waals surface area (Å²) < 4.78 is 0.999. The minimum Gasteiger partial charge on any atom is -0.308 e. The number of hydrogen-bond donors (Lipinski definition) is 0. The van der Waals surface area contributed by atoms with Crippen molar-refractivity contribution in [2.24, 2.45) is 0 Å². The molecule has 0 radical (unpaired) electrons. The fraction of sp³-hybridized carbons (Fsp3) is 0.294. The van der Waals surface area contributed by atoms with Gasteiger partial charge in [0.1, 0.15) is 5.69 Å². The van der Waals surface area contributed by atoms with Crippen molar-refractivity contribution in [3.05, 3.63) is 47.0 Å². The maximum absolute atomic E-state index is 12.9. The van der Waals surface area contributed by atoms with Gasteiger partial charge >= 0.3 is 0 Å². The van der Waals surface area contributed by atoms with E-state index in [2.05, 4.69) is 15.0 Å². The molecule has 0 saturated carbocycles. The average molecular weight is 412 g/mol. The van der Waals surface area contributed by atoms with Crippen molar-refractivity contribution >= 4 is 56.6 Å². The predicted molar refractivity (Wildman–Crippen MR) is 109 cm³/mol. The molecule has 0 unspecified atom stereocenters. The lowest BCUT2D eigenvalue weighted by atomic mass is 10.2. The molecule has 0 spiro atoms. The van der Waals surface area contributed by atoms with Crippen LogP contribution in [0.3, 0.4) is 0 Å². The summed E-state index contributed by atoms with van der Waals surface area (Å²) >= 11 is 7.67. The van der Waals surface area contributed by atoms with Crippen molar-refractivity contribution in [2.45, 2.75) is 6.92 Å². The van der Waals surface area contributed by atoms with Crippen LogP contribution in [0, 0.1) is 6.92 Å². The number of fused-ring (bicyclic) bond motifs is 1. The van der Waals surface area contributed by atoms with Crippen LogP contribution in [0.4, 0.5) is 5.13 Å². The van der Waals surface area contributed by atoms with Gasteiger partial charge in [-0.1, -0.05) is 22.9 Å². The molecular weight excluding hydrogens is 393 g/mol. The highest BCUT2D eigenvalue weighted by atomic mass is 35.5. The van der Waals surface area contributed by atoms with Gasteiger partial charge in [0.05, 0.1) is 16.4 Å². The Labute approximate surface area is 167 Å². The third-order valence-corrected chi connectivity index (χ3v) is 5.22. The third kappa shape index (κ3) is 4.29. The molecule has 0 aliphatic heterocycles. The van der Waals surface area contributed by atoms with Crippen LogP contribution in [0.25, 0.3) is 10.2 Å². The van der Waals surface area contributed by atoms with E-state index in [0.29, 0.717) is 28.9 Å². The molecule has 0 atom stereocenters. The number of aromatic nitrogens is 3. The summed E-state index contributed by atoms with van der Waals surface area (Å²) in [6.45, 7) is 3.15. The summed E-state index contributed by atoms with van der Waals surface area (Å²) in [6.07, 6.45) is 4.53. The van der Waals surface area contributed by atoms with Gasteiger partial charge in [0.2, 0.25) is 0 Å². The first kappa shape index (κ1) is 20.5. The first-order valence-electron chi connectivity index (χ1n) is 7.75. The zero-order valence-electron chi connectivity index (χ0n) is 14.6. The number of carbonyl (C=O) groups is 1. The number of likely N-dealkylation sites (N-methyl/N-ethyl adjacent to an activating group) is 1. The molecule has 0 aliphatic carbocycles. The fourth-order valence-electron chi connectivity index (χ4n) is 2.34. The van der Waals surface area contributed by atoms with Gasteiger partial charge in [0, 0.05) is 30.5 Å². The molecule has 0 N–H and O–H groups in total. The molecule has 0 fully saturated rings. The van der Waals surface area contributed by atoms with E-state index in [4.69, 9.17) is 11.6 Å². The van der Waals surface area contributed by atoms with E-state index < -0.39 is 0 Å². The topological polar surface area (TPSA) is 62.2 Å². The summed E-state index contributed by atoms with van der Waals surface area (Å²) in [4.78, 5) is 29.4. The minimum atomic E-state index is -0.210. The van der Waals surface area contributed by atoms with E-state index in [0.717, 1.165) is 15.8 Å². The van der Waals surface area contributed by atoms with Crippen LogP contribution < -0.4 is 4.90 Å². The Morgan fingerprint density at radius 1 is 1.23 bits per heavy atom. The fourth-order valence-corrected chi connectivity index (χ4v) is 3.54. The lowest BCUT2D eigenvalue weighted by Gasteiger charge is -2.21. The van der Waals surface area contributed by atoms with Crippen molar-refractivity contribution in [1.82, 2.24) is 19.9 Å². The van der Waals surface area contributed by atoms with Gasteiger partial charge in [-0.15, -0.1) is 12.4 Å². The molecule has 3 rings (SSSR count). The van der Waals surface area contributed by atoms with Gasteiger partial charge in [-0.25, -0.2) is 9.97 Å². The van der Waals surface area contributed by atoms with E-state index in [1.165, 1.54) is 23.7 Å². The lowest BCUT2D eigenvalue weighted by molar-refractivity contribution is 0.0980. The van der Waals surface area contributed by atoms with E-state index >= 15 is 0 Å². The van der Waals surface area contributed by atoms with E-state index in [9.17, 15) is 4.79 Å². The molecule has 6 nitrogen and oxygen atoms in total. The van der Waals surface area contributed by atoms with Gasteiger partial charge in [0.15, 0.2) is 5.13 Å². The Bertz CT molecular complexity index is 901. The van der Waals surface area contributed by atoms with Crippen molar-refractivity contribution in [2.75, 3.05) is 32.1 Å². The Kier molecular flexibility index (Phi) is 6.88. The molecule has 3 aromatic rings. The molecule has 0 saturated heterocycles. The first-order chi connectivity index (χ1) is 12.0. The van der Waals surface area contributed by atoms with Crippen LogP contribution >= 0.6 is 35.3 Å². The largest absolute Gasteiger partial charge is 0.308 e. The number of amides is 1. The van der Waals surface area contributed by atoms with Gasteiger partial charge in [-0.2, -0.15) is 0 Å². The van der Waals surface area contributed by atoms with Crippen LogP contribution in [0.2, 0.25) is 5.02 Å². The molecule has 26 heavy (non-hydrogen) atoms. The minimum absolute atomic E-state index is 0. The van der Waals surface area contributed by atoms with Crippen LogP contribution in [-0.4, -0.2) is 52.9 Å². The predicted octanol–water partition coefficient (Wildman–Crippen LogP) is 3.68. The molecule has 9 heteroatoms. The standard InChI is InChI=1S/C17H18ClN5OS.ClH/c1-11-12(18)4-5-14-15(11)21-17(25-14)23(9-8-22(2)3)16(24)13-10-19-6-7-20-13;/h4-7,10H,8-9H2,1-3H3;1H. The average Bonchev–Trinajstić information content (AvgIpc) is 3.03. The van der Waals surface area contributed by atoms with E-state index in [1.54, 1.807) is 11.1 Å². The van der Waals surface area contributed by atoms with Crippen LogP contribution in [0.15, 0.2) is 30.7 Å². The van der Waals surface area contributed by atoms with Crippen LogP contribution in [0.1, 0.15) is 16.1 Å². The van der Waals surface area contributed by atoms with Crippen LogP contribution in [-0.2, 0) is 0 Å². The molecule has 1 amide bonds. The maximum atomic E-state index is 12.9. The quantitative estimate of drug-likeness (QED) is 0.640. The van der Waals surface area contributed by atoms with Crippen LogP contribution in [0.5, 0.6) is 0 Å². The Balaban J connectivity index is 0.00000243. The Hall–Kier alpha value is -1.80. The number of hydrogen-bond acceptors (Lipinski definition) is 6. The number of thiazole rings is 1. The zero-order valence-corrected chi connectivity index (χ0v) is 17.0. The Morgan fingerprint density at radius 3 is 2.65 bits per heavy atom. The number of halogens is 2. The smallest absolute Gasteiger partial charge is 0.280 e. The summed E-state index contributed by atoms with van der Waals surface area (Å²) in [5.74, 6) is -0.210. The number of rotatable bonds is 5. The molecule has 138 valence electrons. The summed E-state index contributed by atoms with van der Waals surface area (Å²) in [5.41, 5.74) is 2.05. The second kappa shape index (κ2) is 8.73. The van der Waals surface area contributed by atoms with Gasteiger partial charge in [-0.3, -0.25) is 14.7 Å². The second-order valence-electron chi connectivity index (χ2n) is 5.87. The zero-order chi connectivity index (χ0) is 18.0. The van der Waals surface area contributed by atoms with Gasteiger partial charge < -0.3 is 4.90 Å². The summed E-state index contributed by atoms with van der Waals surface area (Å²) in [7, 11) is 3.93. The highest BCUT2D eigenvalue weighted by Crippen LogP contribution is 2.33. The van der Waals surface area contributed by atoms with Crippen molar-refractivity contribution in [3.8, 4) is 0 Å². The SMILES string of the molecule is Cc1c(Cl)ccc2sc(N(CCN(C)C)C(=O)c3cnccn3)nc12.Cl. The molecule has 0 bridgehead atoms. The number of nitrogens with zero attached hydrogens (tertiary/aromatic N) is 5. The second-order valence-corrected chi connectivity index (χ2v) is 7.28. The van der Waals surface area contributed by atoms with E-state index in [-0.39, 0.29) is 18.3 Å². The highest BCUT2D eigenvalue weighted by Gasteiger charge is 2.23. The monoisotopic (exact) mass is 411 g/mol. The molecule has 2 heterocycles. The normalized spacial score (nSPS) is 10.8. The summed E-state index contributed by atoms with van der Waals surface area (Å²) in [5, 5.41) is 1.31.